The van der Waals surface area contributed by atoms with Gasteiger partial charge in [-0.1, -0.05) is 24.3 Å². The Kier molecular flexibility index (Phi) is 2.08. The van der Waals surface area contributed by atoms with Crippen LogP contribution < -0.4 is 5.73 Å². The summed E-state index contributed by atoms with van der Waals surface area (Å²) >= 11 is 0.981. The smallest absolute Gasteiger partial charge is 0.196 e. The van der Waals surface area contributed by atoms with Crippen LogP contribution in [0.4, 0.5) is 5.69 Å². The molecule has 0 saturated carbocycles. The normalized spacial score (nSPS) is 13.4. The zero-order valence-electron chi connectivity index (χ0n) is 10.1. The van der Waals surface area contributed by atoms with Gasteiger partial charge in [-0.15, -0.1) is 0 Å². The summed E-state index contributed by atoms with van der Waals surface area (Å²) in [7, 11) is 0. The molecule has 96 valence electrons. The van der Waals surface area contributed by atoms with Crippen LogP contribution in [0.15, 0.2) is 30.3 Å². The Balaban J connectivity index is 2.16. The molecule has 0 atom stereocenters. The third-order valence-corrected chi connectivity index (χ3v) is 3.98. The van der Waals surface area contributed by atoms with Gasteiger partial charge < -0.3 is 5.73 Å². The van der Waals surface area contributed by atoms with Crippen molar-refractivity contribution < 1.29 is 9.59 Å². The molecule has 1 aliphatic rings. The molecule has 0 spiro atoms. The number of anilines is 1. The number of nitrogens with two attached hydrogens (primary N) is 1. The number of hydrogen-bond acceptors (Lipinski definition) is 6. The van der Waals surface area contributed by atoms with Crippen LogP contribution in [0, 0.1) is 0 Å². The molecule has 20 heavy (non-hydrogen) atoms. The first-order valence-corrected chi connectivity index (χ1v) is 6.64. The average molecular weight is 281 g/mol. The number of aromatic nitrogens is 2. The van der Waals surface area contributed by atoms with E-state index in [-0.39, 0.29) is 11.6 Å². The van der Waals surface area contributed by atoms with Gasteiger partial charge in [-0.05, 0) is 6.07 Å². The van der Waals surface area contributed by atoms with Crippen LogP contribution in [0.25, 0.3) is 11.0 Å². The van der Waals surface area contributed by atoms with E-state index in [1.54, 1.807) is 24.3 Å². The van der Waals surface area contributed by atoms with E-state index in [2.05, 4.69) is 8.75 Å². The fourth-order valence-electron chi connectivity index (χ4n) is 2.53. The lowest BCUT2D eigenvalue weighted by Crippen LogP contribution is -2.21. The molecule has 0 bridgehead atoms. The van der Waals surface area contributed by atoms with Crippen molar-refractivity contribution in [2.24, 2.45) is 0 Å². The van der Waals surface area contributed by atoms with Crippen LogP contribution >= 0.6 is 11.7 Å². The highest BCUT2D eigenvalue weighted by Gasteiger charge is 2.32. The number of nitrogens with zero attached hydrogens (tertiary/aromatic N) is 2. The number of hydrogen-bond donors (Lipinski definition) is 1. The molecular formula is C14H7N3O2S. The molecule has 1 heterocycles. The minimum Gasteiger partial charge on any atom is -0.397 e. The van der Waals surface area contributed by atoms with E-state index in [0.717, 1.165) is 11.7 Å². The molecule has 0 amide bonds. The Hall–Kier alpha value is -2.60. The van der Waals surface area contributed by atoms with Gasteiger partial charge in [0.05, 0.1) is 23.0 Å². The van der Waals surface area contributed by atoms with Gasteiger partial charge in [0.1, 0.15) is 11.0 Å². The quantitative estimate of drug-likeness (QED) is 0.498. The van der Waals surface area contributed by atoms with Crippen LogP contribution in [0.5, 0.6) is 0 Å². The Labute approximate surface area is 117 Å². The van der Waals surface area contributed by atoms with Gasteiger partial charge in [-0.3, -0.25) is 9.59 Å². The lowest BCUT2D eigenvalue weighted by molar-refractivity contribution is 0.0980. The van der Waals surface area contributed by atoms with Gasteiger partial charge in [0.2, 0.25) is 0 Å². The monoisotopic (exact) mass is 281 g/mol. The minimum atomic E-state index is -0.201. The standard InChI is InChI=1S/C14H7N3O2S/c15-9-5-8-10(12-11(9)16-20-17-12)14(19)7-4-2-1-3-6(7)13(8)18/h1-5H,15H2. The van der Waals surface area contributed by atoms with Crippen molar-refractivity contribution in [1.29, 1.82) is 0 Å². The molecule has 2 N–H and O–H groups in total. The third kappa shape index (κ3) is 1.26. The summed E-state index contributed by atoms with van der Waals surface area (Å²) in [5.41, 5.74) is 8.60. The topological polar surface area (TPSA) is 85.9 Å². The molecule has 6 heteroatoms. The zero-order chi connectivity index (χ0) is 13.9. The number of ketones is 2. The molecule has 0 aliphatic heterocycles. The molecule has 0 unspecified atom stereocenters. The van der Waals surface area contributed by atoms with Crippen molar-refractivity contribution in [2.75, 3.05) is 5.73 Å². The average Bonchev–Trinajstić information content (AvgIpc) is 2.94. The van der Waals surface area contributed by atoms with Gasteiger partial charge in [0, 0.05) is 16.7 Å². The van der Waals surface area contributed by atoms with Crippen molar-refractivity contribution in [2.45, 2.75) is 0 Å². The second-order valence-electron chi connectivity index (χ2n) is 4.55. The summed E-state index contributed by atoms with van der Waals surface area (Å²) < 4.78 is 8.21. The lowest BCUT2D eigenvalue weighted by atomic mass is 9.83. The molecule has 0 fully saturated rings. The van der Waals surface area contributed by atoms with Crippen LogP contribution in [-0.4, -0.2) is 20.3 Å². The highest BCUT2D eigenvalue weighted by molar-refractivity contribution is 7.00. The van der Waals surface area contributed by atoms with Crippen LogP contribution in [-0.2, 0) is 0 Å². The molecule has 1 aromatic heterocycles. The molecule has 1 aliphatic carbocycles. The first-order valence-electron chi connectivity index (χ1n) is 5.91. The Morgan fingerprint density at radius 2 is 1.55 bits per heavy atom. The first-order chi connectivity index (χ1) is 9.68. The fraction of sp³-hybridized carbons (Fsp3) is 0. The maximum atomic E-state index is 12.6. The fourth-order valence-corrected chi connectivity index (χ4v) is 3.11. The van der Waals surface area contributed by atoms with E-state index < -0.39 is 0 Å². The maximum absolute atomic E-state index is 12.6. The number of carbonyl (C=O) groups is 2. The van der Waals surface area contributed by atoms with Gasteiger partial charge in [-0.2, -0.15) is 8.75 Å². The van der Waals surface area contributed by atoms with E-state index in [0.29, 0.717) is 39.0 Å². The van der Waals surface area contributed by atoms with E-state index in [4.69, 9.17) is 5.73 Å². The number of nitrogen functional groups attached to an aromatic ring is 1. The first kappa shape index (κ1) is 11.2. The highest BCUT2D eigenvalue weighted by atomic mass is 32.1. The van der Waals surface area contributed by atoms with Crippen molar-refractivity contribution in [3.8, 4) is 0 Å². The third-order valence-electron chi connectivity index (χ3n) is 3.46. The lowest BCUT2D eigenvalue weighted by Gasteiger charge is -2.17. The largest absolute Gasteiger partial charge is 0.397 e. The molecule has 0 saturated heterocycles. The molecule has 3 aromatic rings. The number of fused-ring (bicyclic) bond motifs is 4. The van der Waals surface area contributed by atoms with Crippen LogP contribution in [0.2, 0.25) is 0 Å². The Morgan fingerprint density at radius 1 is 0.900 bits per heavy atom. The van der Waals surface area contributed by atoms with Crippen molar-refractivity contribution in [3.05, 3.63) is 52.6 Å². The van der Waals surface area contributed by atoms with Gasteiger partial charge in [0.25, 0.3) is 0 Å². The SMILES string of the molecule is Nc1cc2c(c3nsnc13)C(=O)c1ccccc1C2=O. The van der Waals surface area contributed by atoms with Crippen molar-refractivity contribution in [3.63, 3.8) is 0 Å². The minimum absolute atomic E-state index is 0.197. The van der Waals surface area contributed by atoms with E-state index >= 15 is 0 Å². The number of rotatable bonds is 0. The number of benzene rings is 2. The van der Waals surface area contributed by atoms with Crippen LogP contribution in [0.3, 0.4) is 0 Å². The van der Waals surface area contributed by atoms with Gasteiger partial charge in [-0.25, -0.2) is 0 Å². The molecule has 5 nitrogen and oxygen atoms in total. The Morgan fingerprint density at radius 3 is 2.30 bits per heavy atom. The summed E-state index contributed by atoms with van der Waals surface area (Å²) in [6.45, 7) is 0. The summed E-state index contributed by atoms with van der Waals surface area (Å²) in [5, 5.41) is 0. The van der Waals surface area contributed by atoms with E-state index in [1.807, 2.05) is 0 Å². The van der Waals surface area contributed by atoms with Gasteiger partial charge >= 0.3 is 0 Å². The zero-order valence-corrected chi connectivity index (χ0v) is 10.9. The predicted molar refractivity (Wildman–Crippen MR) is 75.1 cm³/mol. The summed E-state index contributed by atoms with van der Waals surface area (Å²) in [6.07, 6.45) is 0. The van der Waals surface area contributed by atoms with E-state index in [1.165, 1.54) is 6.07 Å². The van der Waals surface area contributed by atoms with Gasteiger partial charge in [0.15, 0.2) is 11.6 Å². The molecular weight excluding hydrogens is 274 g/mol. The van der Waals surface area contributed by atoms with Crippen molar-refractivity contribution >= 4 is 40.0 Å². The second-order valence-corrected chi connectivity index (χ2v) is 5.08. The maximum Gasteiger partial charge on any atom is 0.196 e. The predicted octanol–water partition coefficient (Wildman–Crippen LogP) is 2.05. The summed E-state index contributed by atoms with van der Waals surface area (Å²) in [6, 6.07) is 8.30. The summed E-state index contributed by atoms with van der Waals surface area (Å²) in [4.78, 5) is 25.1. The molecule has 0 radical (unpaired) electrons. The van der Waals surface area contributed by atoms with Crippen molar-refractivity contribution in [1.82, 2.24) is 8.75 Å². The second kappa shape index (κ2) is 3.71. The van der Waals surface area contributed by atoms with Crippen LogP contribution in [0.1, 0.15) is 31.8 Å². The molecule has 4 rings (SSSR count). The highest BCUT2D eigenvalue weighted by Crippen LogP contribution is 2.34. The summed E-state index contributed by atoms with van der Waals surface area (Å²) in [5.74, 6) is -0.398. The van der Waals surface area contributed by atoms with E-state index in [9.17, 15) is 9.59 Å². The number of carbonyl (C=O) groups excluding carboxylic acids is 2. The molecule has 2 aromatic carbocycles. The Bertz CT molecular complexity index is 914.